The van der Waals surface area contributed by atoms with Crippen molar-refractivity contribution in [2.75, 3.05) is 6.61 Å². The summed E-state index contributed by atoms with van der Waals surface area (Å²) in [7, 11) is 1.84. The molecule has 0 bridgehead atoms. The molecule has 0 aliphatic carbocycles. The molecule has 2 aromatic heterocycles. The Morgan fingerprint density at radius 3 is 2.69 bits per heavy atom. The molecule has 1 amide bonds. The Morgan fingerprint density at radius 1 is 1.27 bits per heavy atom. The highest BCUT2D eigenvalue weighted by Crippen LogP contribution is 2.19. The Bertz CT molecular complexity index is 1060. The van der Waals surface area contributed by atoms with E-state index in [0.29, 0.717) is 29.2 Å². The first-order chi connectivity index (χ1) is 12.4. The molecule has 136 valence electrons. The Balaban J connectivity index is 2.01. The van der Waals surface area contributed by atoms with Crippen molar-refractivity contribution < 1.29 is 14.3 Å². The van der Waals surface area contributed by atoms with E-state index in [-0.39, 0.29) is 11.9 Å². The second kappa shape index (κ2) is 7.25. The van der Waals surface area contributed by atoms with Crippen molar-refractivity contribution >= 4 is 33.4 Å². The summed E-state index contributed by atoms with van der Waals surface area (Å²) in [5.74, 6) is -0.742. The standard InChI is InChI=1S/C18H20N4O3S/c1-5-22-11(3)9-13(20-22)16(23)19-18-21(4)14-8-7-12(10-15(14)26-18)17(24)25-6-2/h7-10H,5-6H2,1-4H3. The summed E-state index contributed by atoms with van der Waals surface area (Å²) in [6.45, 7) is 6.67. The molecule has 3 aromatic rings. The molecule has 8 heteroatoms. The molecule has 0 atom stereocenters. The van der Waals surface area contributed by atoms with Crippen LogP contribution >= 0.6 is 11.3 Å². The molecule has 0 saturated heterocycles. The number of esters is 1. The zero-order valence-electron chi connectivity index (χ0n) is 15.1. The Kier molecular flexibility index (Phi) is 5.03. The van der Waals surface area contributed by atoms with Crippen LogP contribution in [0.5, 0.6) is 0 Å². The first-order valence-corrected chi connectivity index (χ1v) is 9.16. The maximum absolute atomic E-state index is 12.5. The quantitative estimate of drug-likeness (QED) is 0.660. The maximum atomic E-state index is 12.5. The minimum atomic E-state index is -0.381. The number of thiazole rings is 1. The van der Waals surface area contributed by atoms with Crippen LogP contribution in [-0.4, -0.2) is 32.8 Å². The smallest absolute Gasteiger partial charge is 0.338 e. The number of aryl methyl sites for hydroxylation is 3. The lowest BCUT2D eigenvalue weighted by Gasteiger charge is -2.01. The molecule has 0 N–H and O–H groups in total. The maximum Gasteiger partial charge on any atom is 0.338 e. The van der Waals surface area contributed by atoms with Gasteiger partial charge in [-0.25, -0.2) is 4.79 Å². The van der Waals surface area contributed by atoms with Gasteiger partial charge in [-0.15, -0.1) is 0 Å². The van der Waals surface area contributed by atoms with Crippen molar-refractivity contribution in [2.45, 2.75) is 27.3 Å². The summed E-state index contributed by atoms with van der Waals surface area (Å²) in [5, 5.41) is 4.27. The van der Waals surface area contributed by atoms with Crippen LogP contribution in [0.15, 0.2) is 29.3 Å². The van der Waals surface area contributed by atoms with E-state index in [9.17, 15) is 9.59 Å². The molecule has 0 saturated carbocycles. The van der Waals surface area contributed by atoms with E-state index >= 15 is 0 Å². The molecule has 0 aliphatic heterocycles. The van der Waals surface area contributed by atoms with Crippen LogP contribution in [0.4, 0.5) is 0 Å². The summed E-state index contributed by atoms with van der Waals surface area (Å²) in [5.41, 5.74) is 2.63. The molecule has 26 heavy (non-hydrogen) atoms. The van der Waals surface area contributed by atoms with Gasteiger partial charge in [0.25, 0.3) is 5.91 Å². The largest absolute Gasteiger partial charge is 0.462 e. The number of hydrogen-bond donors (Lipinski definition) is 0. The molecular formula is C18H20N4O3S. The van der Waals surface area contributed by atoms with Crippen LogP contribution < -0.4 is 4.80 Å². The topological polar surface area (TPSA) is 78.5 Å². The van der Waals surface area contributed by atoms with Gasteiger partial charge in [-0.05, 0) is 45.0 Å². The molecule has 0 unspecified atom stereocenters. The summed E-state index contributed by atoms with van der Waals surface area (Å²) >= 11 is 1.35. The average Bonchev–Trinajstić information content (AvgIpc) is 3.15. The average molecular weight is 372 g/mol. The number of fused-ring (bicyclic) bond motifs is 1. The van der Waals surface area contributed by atoms with Crippen molar-refractivity contribution in [3.8, 4) is 0 Å². The number of amides is 1. The van der Waals surface area contributed by atoms with E-state index in [2.05, 4.69) is 10.1 Å². The number of carbonyl (C=O) groups is 2. The minimum absolute atomic E-state index is 0.327. The number of nitrogens with zero attached hydrogens (tertiary/aromatic N) is 4. The monoisotopic (exact) mass is 372 g/mol. The molecule has 0 fully saturated rings. The number of hydrogen-bond acceptors (Lipinski definition) is 5. The van der Waals surface area contributed by atoms with Gasteiger partial charge in [0.15, 0.2) is 10.5 Å². The van der Waals surface area contributed by atoms with Crippen LogP contribution in [0.1, 0.15) is 40.4 Å². The predicted octanol–water partition coefficient (Wildman–Crippen LogP) is 2.68. The van der Waals surface area contributed by atoms with E-state index in [0.717, 1.165) is 15.9 Å². The van der Waals surface area contributed by atoms with Crippen molar-refractivity contribution in [3.05, 3.63) is 46.0 Å². The fourth-order valence-corrected chi connectivity index (χ4v) is 3.72. The van der Waals surface area contributed by atoms with Crippen LogP contribution in [0.2, 0.25) is 0 Å². The van der Waals surface area contributed by atoms with Gasteiger partial charge >= 0.3 is 5.97 Å². The second-order valence-electron chi connectivity index (χ2n) is 5.75. The molecule has 7 nitrogen and oxygen atoms in total. The number of benzene rings is 1. The first kappa shape index (κ1) is 18.1. The third-order valence-electron chi connectivity index (χ3n) is 4.02. The Labute approximate surface area is 154 Å². The fourth-order valence-electron chi connectivity index (χ4n) is 2.66. The third-order valence-corrected chi connectivity index (χ3v) is 5.11. The van der Waals surface area contributed by atoms with Gasteiger partial charge in [-0.1, -0.05) is 11.3 Å². The van der Waals surface area contributed by atoms with Gasteiger partial charge in [0, 0.05) is 19.3 Å². The van der Waals surface area contributed by atoms with Gasteiger partial charge < -0.3 is 9.30 Å². The van der Waals surface area contributed by atoms with Crippen LogP contribution in [-0.2, 0) is 18.3 Å². The molecular weight excluding hydrogens is 352 g/mol. The predicted molar refractivity (Wildman–Crippen MR) is 99.3 cm³/mol. The fraction of sp³-hybridized carbons (Fsp3) is 0.333. The molecule has 1 aromatic carbocycles. The van der Waals surface area contributed by atoms with E-state index < -0.39 is 0 Å². The van der Waals surface area contributed by atoms with Gasteiger partial charge in [0.1, 0.15) is 0 Å². The molecule has 0 spiro atoms. The van der Waals surface area contributed by atoms with E-state index in [1.807, 2.05) is 31.5 Å². The Hall–Kier alpha value is -2.74. The minimum Gasteiger partial charge on any atom is -0.462 e. The van der Waals surface area contributed by atoms with Crippen LogP contribution in [0.25, 0.3) is 10.2 Å². The molecule has 3 rings (SSSR count). The lowest BCUT2D eigenvalue weighted by molar-refractivity contribution is 0.0526. The summed E-state index contributed by atoms with van der Waals surface area (Å²) in [6, 6.07) is 7.04. The SMILES string of the molecule is CCOC(=O)c1ccc2c(c1)sc(=NC(=O)c1cc(C)n(CC)n1)n2C. The summed E-state index contributed by atoms with van der Waals surface area (Å²) in [6.07, 6.45) is 0. The number of ether oxygens (including phenoxy) is 1. The van der Waals surface area contributed by atoms with E-state index in [1.54, 1.807) is 29.8 Å². The van der Waals surface area contributed by atoms with Crippen molar-refractivity contribution in [1.29, 1.82) is 0 Å². The highest BCUT2D eigenvalue weighted by Gasteiger charge is 2.13. The number of rotatable bonds is 4. The zero-order chi connectivity index (χ0) is 18.8. The summed E-state index contributed by atoms with van der Waals surface area (Å²) < 4.78 is 9.49. The first-order valence-electron chi connectivity index (χ1n) is 8.34. The van der Waals surface area contributed by atoms with Crippen LogP contribution in [0, 0.1) is 6.92 Å². The zero-order valence-corrected chi connectivity index (χ0v) is 16.0. The highest BCUT2D eigenvalue weighted by atomic mass is 32.1. The molecule has 0 radical (unpaired) electrons. The number of carbonyl (C=O) groups excluding carboxylic acids is 2. The van der Waals surface area contributed by atoms with Gasteiger partial charge in [-0.2, -0.15) is 10.1 Å². The van der Waals surface area contributed by atoms with E-state index in [4.69, 9.17) is 4.74 Å². The van der Waals surface area contributed by atoms with Gasteiger partial charge in [-0.3, -0.25) is 9.48 Å². The van der Waals surface area contributed by atoms with Gasteiger partial charge in [0.2, 0.25) is 0 Å². The molecule has 2 heterocycles. The number of aromatic nitrogens is 3. The van der Waals surface area contributed by atoms with Crippen molar-refractivity contribution in [1.82, 2.24) is 14.3 Å². The Morgan fingerprint density at radius 2 is 2.04 bits per heavy atom. The third kappa shape index (κ3) is 3.32. The van der Waals surface area contributed by atoms with Crippen molar-refractivity contribution in [3.63, 3.8) is 0 Å². The van der Waals surface area contributed by atoms with E-state index in [1.165, 1.54) is 11.3 Å². The van der Waals surface area contributed by atoms with Gasteiger partial charge in [0.05, 0.1) is 22.4 Å². The molecule has 0 aliphatic rings. The summed E-state index contributed by atoms with van der Waals surface area (Å²) in [4.78, 5) is 29.1. The normalized spacial score (nSPS) is 11.9. The van der Waals surface area contributed by atoms with Crippen molar-refractivity contribution in [2.24, 2.45) is 12.0 Å². The second-order valence-corrected chi connectivity index (χ2v) is 6.76. The lowest BCUT2D eigenvalue weighted by atomic mass is 10.2. The van der Waals surface area contributed by atoms with Crippen LogP contribution in [0.3, 0.4) is 0 Å². The highest BCUT2D eigenvalue weighted by molar-refractivity contribution is 7.16. The lowest BCUT2D eigenvalue weighted by Crippen LogP contribution is -2.13.